The van der Waals surface area contributed by atoms with Gasteiger partial charge in [-0.05, 0) is 62.6 Å². The predicted octanol–water partition coefficient (Wildman–Crippen LogP) is 1.95. The molecule has 160 valence electrons. The van der Waals surface area contributed by atoms with Crippen LogP contribution in [0.2, 0.25) is 0 Å². The van der Waals surface area contributed by atoms with Crippen molar-refractivity contribution in [1.82, 2.24) is 15.8 Å². The first kappa shape index (κ1) is 20.3. The van der Waals surface area contributed by atoms with E-state index in [1.807, 2.05) is 0 Å². The molecule has 4 rings (SSSR count). The minimum Gasteiger partial charge on any atom is -0.368 e. The Kier molecular flexibility index (Phi) is 5.46. The van der Waals surface area contributed by atoms with Crippen LogP contribution in [0.15, 0.2) is 24.3 Å². The molecule has 9 nitrogen and oxygen atoms in total. The number of benzene rings is 1. The molecule has 5 amide bonds. The van der Waals surface area contributed by atoms with Crippen molar-refractivity contribution >= 4 is 29.4 Å². The van der Waals surface area contributed by atoms with Crippen molar-refractivity contribution in [3.63, 3.8) is 0 Å². The van der Waals surface area contributed by atoms with Crippen LogP contribution in [0.4, 0.5) is 10.5 Å². The van der Waals surface area contributed by atoms with E-state index >= 15 is 0 Å². The number of carbonyl (C=O) groups excluding carboxylic acids is 4. The average Bonchev–Trinajstić information content (AvgIpc) is 3.34. The fraction of sp³-hybridized carbons (Fsp3) is 0.524. The van der Waals surface area contributed by atoms with Crippen molar-refractivity contribution in [2.45, 2.75) is 57.1 Å². The Morgan fingerprint density at radius 1 is 1.20 bits per heavy atom. The molecule has 1 unspecified atom stereocenters. The normalized spacial score (nSPS) is 28.5. The van der Waals surface area contributed by atoms with Gasteiger partial charge in [0.25, 0.3) is 17.7 Å². The highest BCUT2D eigenvalue weighted by atomic mass is 16.5. The van der Waals surface area contributed by atoms with Gasteiger partial charge in [-0.2, -0.15) is 5.01 Å². The molecule has 30 heavy (non-hydrogen) atoms. The molecule has 1 aromatic rings. The van der Waals surface area contributed by atoms with E-state index < -0.39 is 29.5 Å². The van der Waals surface area contributed by atoms with Gasteiger partial charge in [0.05, 0.1) is 0 Å². The van der Waals surface area contributed by atoms with Crippen LogP contribution in [0.3, 0.4) is 0 Å². The number of hydrazine groups is 1. The molecule has 1 saturated carbocycles. The predicted molar refractivity (Wildman–Crippen MR) is 107 cm³/mol. The van der Waals surface area contributed by atoms with E-state index in [9.17, 15) is 19.2 Å². The summed E-state index contributed by atoms with van der Waals surface area (Å²) in [5, 5.41) is 6.28. The molecule has 2 saturated heterocycles. The van der Waals surface area contributed by atoms with Crippen LogP contribution in [0, 0.1) is 5.92 Å². The second-order valence-corrected chi connectivity index (χ2v) is 8.35. The van der Waals surface area contributed by atoms with Crippen LogP contribution < -0.4 is 16.1 Å². The van der Waals surface area contributed by atoms with E-state index in [1.165, 1.54) is 6.07 Å². The number of nitrogens with zero attached hydrogens (tertiary/aromatic N) is 1. The van der Waals surface area contributed by atoms with Gasteiger partial charge in [0.1, 0.15) is 11.6 Å². The zero-order valence-corrected chi connectivity index (χ0v) is 16.9. The van der Waals surface area contributed by atoms with Gasteiger partial charge in [-0.3, -0.25) is 19.8 Å². The van der Waals surface area contributed by atoms with E-state index in [-0.39, 0.29) is 11.5 Å². The lowest BCUT2D eigenvalue weighted by Gasteiger charge is -2.33. The van der Waals surface area contributed by atoms with Crippen LogP contribution in [0.1, 0.15) is 55.8 Å². The second kappa shape index (κ2) is 8.06. The molecule has 1 spiro atoms. The lowest BCUT2D eigenvalue weighted by molar-refractivity contribution is -0.134. The Bertz CT molecular complexity index is 872. The van der Waals surface area contributed by atoms with Crippen LogP contribution in [-0.4, -0.2) is 47.0 Å². The standard InChI is InChI=1S/C21H26N4O5/c1-13-7-9-21(10-8-13)19(28)25(20(29)23-21)24-17(26)14-4-2-5-15(12-14)22-18(27)16-6-3-11-30-16/h2,4-5,12-13,16H,3,6-11H2,1H3,(H,22,27)(H,23,29)(H,24,26). The molecule has 1 atom stereocenters. The van der Waals surface area contributed by atoms with Crippen molar-refractivity contribution in [2.75, 3.05) is 11.9 Å². The maximum Gasteiger partial charge on any atom is 0.344 e. The molecule has 0 bridgehead atoms. The molecular weight excluding hydrogens is 388 g/mol. The van der Waals surface area contributed by atoms with E-state index in [1.54, 1.807) is 18.2 Å². The van der Waals surface area contributed by atoms with Crippen LogP contribution in [0.25, 0.3) is 0 Å². The monoisotopic (exact) mass is 414 g/mol. The van der Waals surface area contributed by atoms with Gasteiger partial charge >= 0.3 is 6.03 Å². The fourth-order valence-corrected chi connectivity index (χ4v) is 4.23. The summed E-state index contributed by atoms with van der Waals surface area (Å²) in [6.45, 7) is 2.69. The molecule has 3 aliphatic rings. The number of amides is 5. The molecule has 0 radical (unpaired) electrons. The molecule has 2 heterocycles. The summed E-state index contributed by atoms with van der Waals surface area (Å²) in [7, 11) is 0. The summed E-state index contributed by atoms with van der Waals surface area (Å²) in [5.41, 5.74) is 2.15. The number of hydrogen-bond acceptors (Lipinski definition) is 5. The largest absolute Gasteiger partial charge is 0.368 e. The topological polar surface area (TPSA) is 117 Å². The maximum absolute atomic E-state index is 12.9. The number of urea groups is 1. The van der Waals surface area contributed by atoms with Gasteiger partial charge in [-0.1, -0.05) is 13.0 Å². The molecule has 1 aliphatic carbocycles. The first-order valence-electron chi connectivity index (χ1n) is 10.4. The quantitative estimate of drug-likeness (QED) is 0.651. The molecule has 2 aliphatic heterocycles. The summed E-state index contributed by atoms with van der Waals surface area (Å²) in [4.78, 5) is 50.2. The van der Waals surface area contributed by atoms with Crippen LogP contribution >= 0.6 is 0 Å². The lowest BCUT2D eigenvalue weighted by Crippen LogP contribution is -2.51. The molecule has 3 N–H and O–H groups in total. The van der Waals surface area contributed by atoms with Crippen molar-refractivity contribution in [3.05, 3.63) is 29.8 Å². The number of rotatable bonds is 4. The first-order valence-corrected chi connectivity index (χ1v) is 10.4. The third-order valence-corrected chi connectivity index (χ3v) is 6.12. The van der Waals surface area contributed by atoms with Gasteiger partial charge in [0, 0.05) is 17.9 Å². The number of nitrogens with one attached hydrogen (secondary N) is 3. The Hall–Kier alpha value is -2.94. The third-order valence-electron chi connectivity index (χ3n) is 6.12. The number of ether oxygens (including phenoxy) is 1. The highest BCUT2D eigenvalue weighted by Crippen LogP contribution is 2.35. The highest BCUT2D eigenvalue weighted by Gasteiger charge is 2.52. The van der Waals surface area contributed by atoms with Gasteiger partial charge in [-0.15, -0.1) is 0 Å². The number of hydrogen-bond donors (Lipinski definition) is 3. The Morgan fingerprint density at radius 3 is 2.67 bits per heavy atom. The van der Waals surface area contributed by atoms with Crippen molar-refractivity contribution in [1.29, 1.82) is 0 Å². The lowest BCUT2D eigenvalue weighted by atomic mass is 9.77. The SMILES string of the molecule is CC1CCC2(CC1)NC(=O)N(NC(=O)c1cccc(NC(=O)C3CCCO3)c1)C2=O. The third kappa shape index (κ3) is 3.89. The molecule has 3 fully saturated rings. The van der Waals surface area contributed by atoms with Crippen molar-refractivity contribution in [3.8, 4) is 0 Å². The zero-order valence-electron chi connectivity index (χ0n) is 16.9. The number of carbonyl (C=O) groups is 4. The summed E-state index contributed by atoms with van der Waals surface area (Å²) in [5.74, 6) is -0.771. The van der Waals surface area contributed by atoms with Crippen molar-refractivity contribution < 1.29 is 23.9 Å². The van der Waals surface area contributed by atoms with Crippen LogP contribution in [0.5, 0.6) is 0 Å². The molecular formula is C21H26N4O5. The Morgan fingerprint density at radius 2 is 1.97 bits per heavy atom. The fourth-order valence-electron chi connectivity index (χ4n) is 4.23. The minimum atomic E-state index is -0.923. The number of imide groups is 1. The van der Waals surface area contributed by atoms with Crippen LogP contribution in [-0.2, 0) is 14.3 Å². The smallest absolute Gasteiger partial charge is 0.344 e. The summed E-state index contributed by atoms with van der Waals surface area (Å²) in [6, 6.07) is 5.71. The summed E-state index contributed by atoms with van der Waals surface area (Å²) in [6.07, 6.45) is 3.85. The zero-order chi connectivity index (χ0) is 21.3. The molecule has 1 aromatic carbocycles. The Labute approximate surface area is 174 Å². The van der Waals surface area contributed by atoms with E-state index in [4.69, 9.17) is 4.74 Å². The van der Waals surface area contributed by atoms with Gasteiger partial charge in [0.15, 0.2) is 0 Å². The molecule has 0 aromatic heterocycles. The van der Waals surface area contributed by atoms with E-state index in [0.29, 0.717) is 37.5 Å². The first-order chi connectivity index (χ1) is 14.4. The van der Waals surface area contributed by atoms with Crippen molar-refractivity contribution in [2.24, 2.45) is 5.92 Å². The molecule has 9 heteroatoms. The number of anilines is 1. The van der Waals surface area contributed by atoms with Gasteiger partial charge in [-0.25, -0.2) is 4.79 Å². The summed E-state index contributed by atoms with van der Waals surface area (Å²) >= 11 is 0. The van der Waals surface area contributed by atoms with E-state index in [0.717, 1.165) is 24.3 Å². The summed E-state index contributed by atoms with van der Waals surface area (Å²) < 4.78 is 5.36. The second-order valence-electron chi connectivity index (χ2n) is 8.35. The van der Waals surface area contributed by atoms with E-state index in [2.05, 4.69) is 23.0 Å². The maximum atomic E-state index is 12.9. The Balaban J connectivity index is 1.42. The van der Waals surface area contributed by atoms with Gasteiger partial charge < -0.3 is 15.4 Å². The average molecular weight is 414 g/mol. The highest BCUT2D eigenvalue weighted by molar-refractivity contribution is 6.09. The van der Waals surface area contributed by atoms with Gasteiger partial charge in [0.2, 0.25) is 0 Å². The minimum absolute atomic E-state index is 0.221.